The van der Waals surface area contributed by atoms with Crippen molar-refractivity contribution in [2.75, 3.05) is 21.3 Å². The summed E-state index contributed by atoms with van der Waals surface area (Å²) in [6.07, 6.45) is 1.43. The molecule has 3 rings (SSSR count). The average molecular weight is 462 g/mol. The Morgan fingerprint density at radius 1 is 1.16 bits per heavy atom. The number of ether oxygens (including phenoxy) is 3. The van der Waals surface area contributed by atoms with Crippen LogP contribution in [0.15, 0.2) is 53.9 Å². The largest absolute Gasteiger partial charge is 0.493 e. The highest BCUT2D eigenvalue weighted by Gasteiger charge is 2.45. The van der Waals surface area contributed by atoms with Crippen molar-refractivity contribution in [2.24, 2.45) is 0 Å². The van der Waals surface area contributed by atoms with Gasteiger partial charge in [-0.05, 0) is 35.4 Å². The lowest BCUT2D eigenvalue weighted by molar-refractivity contribution is -0.384. The molecule has 1 unspecified atom stereocenters. The van der Waals surface area contributed by atoms with E-state index in [0.717, 1.165) is 28.6 Å². The quantitative estimate of drug-likeness (QED) is 0.266. The Morgan fingerprint density at radius 2 is 1.75 bits per heavy atom. The molecule has 0 amide bonds. The van der Waals surface area contributed by atoms with Crippen molar-refractivity contribution in [3.63, 3.8) is 0 Å². The molecule has 2 aromatic carbocycles. The SMILES string of the molecule is C=CC1c2cc(OC)c(OC)cc2C[C@@H](C(=O)OC)N1S(=O)(=O)c1ccc([N+](=O)[O-])cc1. The van der Waals surface area contributed by atoms with Crippen LogP contribution in [0.1, 0.15) is 17.2 Å². The molecule has 1 aliphatic heterocycles. The Labute approximate surface area is 185 Å². The number of non-ortho nitro benzene ring substituents is 1. The van der Waals surface area contributed by atoms with E-state index in [-0.39, 0.29) is 17.0 Å². The van der Waals surface area contributed by atoms with E-state index in [2.05, 4.69) is 6.58 Å². The van der Waals surface area contributed by atoms with Crippen LogP contribution in [0.5, 0.6) is 11.5 Å². The molecule has 1 heterocycles. The minimum Gasteiger partial charge on any atom is -0.493 e. The first-order valence-electron chi connectivity index (χ1n) is 9.42. The molecular weight excluding hydrogens is 440 g/mol. The zero-order valence-corrected chi connectivity index (χ0v) is 18.5. The fourth-order valence-corrected chi connectivity index (χ4v) is 5.47. The van der Waals surface area contributed by atoms with E-state index < -0.39 is 33.0 Å². The molecule has 0 spiro atoms. The Morgan fingerprint density at radius 3 is 2.25 bits per heavy atom. The molecule has 0 N–H and O–H groups in total. The normalized spacial score (nSPS) is 18.3. The number of rotatable bonds is 7. The second-order valence-corrected chi connectivity index (χ2v) is 8.76. The zero-order chi connectivity index (χ0) is 23.6. The maximum Gasteiger partial charge on any atom is 0.324 e. The van der Waals surface area contributed by atoms with Gasteiger partial charge in [0.25, 0.3) is 5.69 Å². The van der Waals surface area contributed by atoms with Crippen LogP contribution in [-0.4, -0.2) is 51.0 Å². The molecular formula is C21H22N2O8S. The fraction of sp³-hybridized carbons (Fsp3) is 0.286. The number of nitro benzene ring substituents is 1. The molecule has 170 valence electrons. The molecule has 11 heteroatoms. The lowest BCUT2D eigenvalue weighted by Gasteiger charge is -2.39. The minimum absolute atomic E-state index is 0.0267. The van der Waals surface area contributed by atoms with Crippen molar-refractivity contribution < 1.29 is 32.3 Å². The maximum atomic E-state index is 13.6. The number of esters is 1. The van der Waals surface area contributed by atoms with Gasteiger partial charge >= 0.3 is 5.97 Å². The lowest BCUT2D eigenvalue weighted by atomic mass is 9.89. The lowest BCUT2D eigenvalue weighted by Crippen LogP contribution is -2.51. The molecule has 0 saturated heterocycles. The van der Waals surface area contributed by atoms with Crippen LogP contribution in [0.25, 0.3) is 0 Å². The van der Waals surface area contributed by atoms with Gasteiger partial charge < -0.3 is 14.2 Å². The summed E-state index contributed by atoms with van der Waals surface area (Å²) in [5.41, 5.74) is 0.996. The molecule has 0 aromatic heterocycles. The fourth-order valence-electron chi connectivity index (χ4n) is 3.75. The summed E-state index contributed by atoms with van der Waals surface area (Å²) < 4.78 is 43.8. The first-order valence-corrected chi connectivity index (χ1v) is 10.9. The van der Waals surface area contributed by atoms with Crippen LogP contribution in [0, 0.1) is 10.1 Å². The average Bonchev–Trinajstić information content (AvgIpc) is 2.81. The van der Waals surface area contributed by atoms with Crippen LogP contribution >= 0.6 is 0 Å². The van der Waals surface area contributed by atoms with Crippen LogP contribution in [0.3, 0.4) is 0 Å². The standard InChI is InChI=1S/C21H22N2O8S/c1-5-17-16-12-20(30-3)19(29-2)11-13(16)10-18(21(24)31-4)22(17)32(27,28)15-8-6-14(7-9-15)23(25)26/h5-9,11-12,17-18H,1,10H2,2-4H3/t17?,18-/m0/s1. The number of hydrogen-bond donors (Lipinski definition) is 0. The summed E-state index contributed by atoms with van der Waals surface area (Å²) >= 11 is 0. The van der Waals surface area contributed by atoms with Gasteiger partial charge in [0.1, 0.15) is 6.04 Å². The van der Waals surface area contributed by atoms with E-state index >= 15 is 0 Å². The van der Waals surface area contributed by atoms with E-state index in [4.69, 9.17) is 14.2 Å². The summed E-state index contributed by atoms with van der Waals surface area (Å²) in [4.78, 5) is 22.8. The molecule has 0 fully saturated rings. The smallest absolute Gasteiger partial charge is 0.324 e. The predicted octanol–water partition coefficient (Wildman–Crippen LogP) is 2.63. The van der Waals surface area contributed by atoms with E-state index in [9.17, 15) is 23.3 Å². The van der Waals surface area contributed by atoms with Crippen molar-refractivity contribution in [1.29, 1.82) is 0 Å². The molecule has 32 heavy (non-hydrogen) atoms. The molecule has 1 aliphatic rings. The Hall–Kier alpha value is -3.44. The molecule has 0 bridgehead atoms. The Balaban J connectivity index is 2.20. The summed E-state index contributed by atoms with van der Waals surface area (Å²) in [7, 11) is -0.178. The molecule has 0 radical (unpaired) electrons. The number of nitrogens with zero attached hydrogens (tertiary/aromatic N) is 2. The van der Waals surface area contributed by atoms with Gasteiger partial charge in [0.15, 0.2) is 11.5 Å². The monoisotopic (exact) mass is 462 g/mol. The third kappa shape index (κ3) is 3.92. The molecule has 0 aliphatic carbocycles. The van der Waals surface area contributed by atoms with Crippen molar-refractivity contribution in [2.45, 2.75) is 23.4 Å². The zero-order valence-electron chi connectivity index (χ0n) is 17.7. The van der Waals surface area contributed by atoms with Gasteiger partial charge in [0, 0.05) is 18.6 Å². The number of nitro groups is 1. The van der Waals surface area contributed by atoms with Crippen molar-refractivity contribution in [1.82, 2.24) is 4.31 Å². The van der Waals surface area contributed by atoms with Gasteiger partial charge in [-0.3, -0.25) is 14.9 Å². The number of sulfonamides is 1. The minimum atomic E-state index is -4.28. The summed E-state index contributed by atoms with van der Waals surface area (Å²) in [6.45, 7) is 3.78. The van der Waals surface area contributed by atoms with Crippen LogP contribution < -0.4 is 9.47 Å². The number of methoxy groups -OCH3 is 3. The van der Waals surface area contributed by atoms with Crippen molar-refractivity contribution in [3.05, 3.63) is 70.3 Å². The van der Waals surface area contributed by atoms with Crippen LogP contribution in [0.4, 0.5) is 5.69 Å². The second-order valence-electron chi connectivity index (χ2n) is 6.92. The van der Waals surface area contributed by atoms with E-state index in [0.29, 0.717) is 22.6 Å². The van der Waals surface area contributed by atoms with Gasteiger partial charge in [0.05, 0.1) is 37.2 Å². The summed E-state index contributed by atoms with van der Waals surface area (Å²) in [5.74, 6) is 0.0782. The number of hydrogen-bond acceptors (Lipinski definition) is 8. The number of fused-ring (bicyclic) bond motifs is 1. The van der Waals surface area contributed by atoms with Crippen LogP contribution in [-0.2, 0) is 26.0 Å². The van der Waals surface area contributed by atoms with Gasteiger partial charge in [-0.25, -0.2) is 8.42 Å². The highest BCUT2D eigenvalue weighted by Crippen LogP contribution is 2.43. The summed E-state index contributed by atoms with van der Waals surface area (Å²) in [5, 5.41) is 10.9. The molecule has 2 aromatic rings. The number of carbonyl (C=O) groups excluding carboxylic acids is 1. The first kappa shape index (κ1) is 23.2. The maximum absolute atomic E-state index is 13.6. The molecule has 0 saturated carbocycles. The number of carbonyl (C=O) groups is 1. The molecule has 10 nitrogen and oxygen atoms in total. The second kappa shape index (κ2) is 8.97. The van der Waals surface area contributed by atoms with Crippen LogP contribution in [0.2, 0.25) is 0 Å². The third-order valence-corrected chi connectivity index (χ3v) is 7.18. The van der Waals surface area contributed by atoms with Gasteiger partial charge in [-0.1, -0.05) is 6.08 Å². The highest BCUT2D eigenvalue weighted by molar-refractivity contribution is 7.89. The van der Waals surface area contributed by atoms with E-state index in [1.165, 1.54) is 27.4 Å². The van der Waals surface area contributed by atoms with Gasteiger partial charge in [0.2, 0.25) is 10.0 Å². The van der Waals surface area contributed by atoms with E-state index in [1.54, 1.807) is 12.1 Å². The topological polar surface area (TPSA) is 125 Å². The molecule has 2 atom stereocenters. The highest BCUT2D eigenvalue weighted by atomic mass is 32.2. The van der Waals surface area contributed by atoms with Crippen molar-refractivity contribution in [3.8, 4) is 11.5 Å². The van der Waals surface area contributed by atoms with Crippen molar-refractivity contribution >= 4 is 21.7 Å². The van der Waals surface area contributed by atoms with Gasteiger partial charge in [-0.15, -0.1) is 6.58 Å². The van der Waals surface area contributed by atoms with E-state index in [1.807, 2.05) is 0 Å². The Bertz CT molecular complexity index is 1160. The third-order valence-electron chi connectivity index (χ3n) is 5.28. The summed E-state index contributed by atoms with van der Waals surface area (Å²) in [6, 6.07) is 5.67. The Kier molecular flexibility index (Phi) is 6.51. The predicted molar refractivity (Wildman–Crippen MR) is 114 cm³/mol. The number of benzene rings is 2. The van der Waals surface area contributed by atoms with Gasteiger partial charge in [-0.2, -0.15) is 4.31 Å². The first-order chi connectivity index (χ1) is 15.2.